The Kier molecular flexibility index (Phi) is 4.20. The van der Waals surface area contributed by atoms with Crippen molar-refractivity contribution in [3.8, 4) is 11.5 Å². The van der Waals surface area contributed by atoms with E-state index in [0.29, 0.717) is 36.1 Å². The summed E-state index contributed by atoms with van der Waals surface area (Å²) < 4.78 is 11.9. The number of urea groups is 1. The molecule has 6 heteroatoms. The molecule has 2 aromatic carbocycles. The van der Waals surface area contributed by atoms with Crippen molar-refractivity contribution in [1.82, 2.24) is 0 Å². The van der Waals surface area contributed by atoms with Gasteiger partial charge in [0.05, 0.1) is 0 Å². The summed E-state index contributed by atoms with van der Waals surface area (Å²) >= 11 is 3.44. The molecule has 0 saturated carbocycles. The van der Waals surface area contributed by atoms with E-state index in [1.807, 2.05) is 25.1 Å². The fourth-order valence-electron chi connectivity index (χ4n) is 2.09. The van der Waals surface area contributed by atoms with E-state index in [1.165, 1.54) is 0 Å². The van der Waals surface area contributed by atoms with Gasteiger partial charge in [-0.1, -0.05) is 22.0 Å². The highest BCUT2D eigenvalue weighted by atomic mass is 79.9. The molecule has 0 fully saturated rings. The average molecular weight is 363 g/mol. The fourth-order valence-corrected chi connectivity index (χ4v) is 2.46. The van der Waals surface area contributed by atoms with Crippen molar-refractivity contribution in [2.45, 2.75) is 6.92 Å². The van der Waals surface area contributed by atoms with Crippen LogP contribution in [0.2, 0.25) is 0 Å². The van der Waals surface area contributed by atoms with Crippen molar-refractivity contribution in [2.75, 3.05) is 23.8 Å². The number of ether oxygens (including phenoxy) is 2. The second kappa shape index (κ2) is 6.27. The Morgan fingerprint density at radius 2 is 1.64 bits per heavy atom. The fraction of sp³-hybridized carbons (Fsp3) is 0.188. The van der Waals surface area contributed by atoms with Gasteiger partial charge in [-0.15, -0.1) is 0 Å². The van der Waals surface area contributed by atoms with E-state index in [-0.39, 0.29) is 6.03 Å². The zero-order chi connectivity index (χ0) is 15.5. The molecule has 5 nitrogen and oxygen atoms in total. The van der Waals surface area contributed by atoms with Gasteiger partial charge in [0.2, 0.25) is 0 Å². The predicted molar refractivity (Wildman–Crippen MR) is 89.0 cm³/mol. The third-order valence-corrected chi connectivity index (χ3v) is 4.08. The molecule has 22 heavy (non-hydrogen) atoms. The smallest absolute Gasteiger partial charge is 0.323 e. The van der Waals surface area contributed by atoms with Crippen LogP contribution in [-0.4, -0.2) is 19.2 Å². The van der Waals surface area contributed by atoms with Gasteiger partial charge in [0.1, 0.15) is 13.2 Å². The summed E-state index contributed by atoms with van der Waals surface area (Å²) in [5, 5.41) is 5.56. The minimum atomic E-state index is -0.313. The molecule has 1 aliphatic rings. The molecule has 3 rings (SSSR count). The van der Waals surface area contributed by atoms with E-state index in [1.54, 1.807) is 18.2 Å². The van der Waals surface area contributed by atoms with Gasteiger partial charge in [-0.05, 0) is 36.8 Å². The Labute approximate surface area is 136 Å². The summed E-state index contributed by atoms with van der Waals surface area (Å²) in [5.41, 5.74) is 2.47. The van der Waals surface area contributed by atoms with Crippen molar-refractivity contribution < 1.29 is 14.3 Å². The van der Waals surface area contributed by atoms with Crippen LogP contribution in [0, 0.1) is 6.92 Å². The van der Waals surface area contributed by atoms with Crippen LogP contribution in [0.4, 0.5) is 16.2 Å². The molecule has 0 aromatic heterocycles. The van der Waals surface area contributed by atoms with Crippen molar-refractivity contribution in [2.24, 2.45) is 0 Å². The molecule has 2 aromatic rings. The molecule has 2 N–H and O–H groups in total. The predicted octanol–water partition coefficient (Wildman–Crippen LogP) is 4.17. The number of fused-ring (bicyclic) bond motifs is 1. The molecule has 1 aliphatic heterocycles. The maximum Gasteiger partial charge on any atom is 0.323 e. The van der Waals surface area contributed by atoms with Crippen LogP contribution >= 0.6 is 15.9 Å². The van der Waals surface area contributed by atoms with E-state index >= 15 is 0 Å². The van der Waals surface area contributed by atoms with Crippen molar-refractivity contribution in [1.29, 1.82) is 0 Å². The lowest BCUT2D eigenvalue weighted by Gasteiger charge is -2.19. The van der Waals surface area contributed by atoms with Crippen LogP contribution in [0.1, 0.15) is 5.56 Å². The average Bonchev–Trinajstić information content (AvgIpc) is 2.51. The van der Waals surface area contributed by atoms with E-state index in [4.69, 9.17) is 9.47 Å². The minimum Gasteiger partial charge on any atom is -0.486 e. The van der Waals surface area contributed by atoms with Crippen LogP contribution < -0.4 is 20.1 Å². The third-order valence-electron chi connectivity index (χ3n) is 3.23. The first-order valence-electron chi connectivity index (χ1n) is 6.85. The van der Waals surface area contributed by atoms with Crippen molar-refractivity contribution in [3.63, 3.8) is 0 Å². The number of nitrogens with one attached hydrogen (secondary N) is 2. The molecule has 0 aliphatic carbocycles. The normalized spacial score (nSPS) is 12.6. The number of aryl methyl sites for hydroxylation is 1. The molecule has 1 heterocycles. The third kappa shape index (κ3) is 3.33. The molecule has 0 bridgehead atoms. The summed E-state index contributed by atoms with van der Waals surface area (Å²) in [5.74, 6) is 1.34. The van der Waals surface area contributed by atoms with E-state index in [2.05, 4.69) is 26.6 Å². The van der Waals surface area contributed by atoms with Gasteiger partial charge >= 0.3 is 6.03 Å². The highest BCUT2D eigenvalue weighted by Gasteiger charge is 2.12. The zero-order valence-corrected chi connectivity index (χ0v) is 13.6. The Hall–Kier alpha value is -2.21. The maximum atomic E-state index is 12.0. The Morgan fingerprint density at radius 3 is 2.36 bits per heavy atom. The van der Waals surface area contributed by atoms with Crippen LogP contribution in [0.5, 0.6) is 11.5 Å². The van der Waals surface area contributed by atoms with Crippen LogP contribution in [0.15, 0.2) is 40.9 Å². The lowest BCUT2D eigenvalue weighted by Crippen LogP contribution is -2.20. The Morgan fingerprint density at radius 1 is 1.00 bits per heavy atom. The topological polar surface area (TPSA) is 59.6 Å². The quantitative estimate of drug-likeness (QED) is 0.842. The minimum absolute atomic E-state index is 0.313. The number of carbonyl (C=O) groups excluding carboxylic acids is 1. The van der Waals surface area contributed by atoms with Gasteiger partial charge < -0.3 is 20.1 Å². The van der Waals surface area contributed by atoms with Gasteiger partial charge in [-0.25, -0.2) is 4.79 Å². The van der Waals surface area contributed by atoms with Crippen LogP contribution in [0.3, 0.4) is 0 Å². The highest BCUT2D eigenvalue weighted by Crippen LogP contribution is 2.32. The van der Waals surface area contributed by atoms with Crippen molar-refractivity contribution in [3.05, 3.63) is 46.4 Å². The first kappa shape index (κ1) is 14.7. The number of anilines is 2. The van der Waals surface area contributed by atoms with Gasteiger partial charge in [-0.2, -0.15) is 0 Å². The van der Waals surface area contributed by atoms with Gasteiger partial charge in [0.25, 0.3) is 0 Å². The molecule has 0 unspecified atom stereocenters. The van der Waals surface area contributed by atoms with E-state index < -0.39 is 0 Å². The summed E-state index contributed by atoms with van der Waals surface area (Å²) in [6, 6.07) is 10.6. The molecular formula is C16H15BrN2O3. The Bertz CT molecular complexity index is 719. The van der Waals surface area contributed by atoms with Crippen molar-refractivity contribution >= 4 is 33.3 Å². The summed E-state index contributed by atoms with van der Waals surface area (Å²) in [4.78, 5) is 12.0. The Balaban J connectivity index is 1.67. The monoisotopic (exact) mass is 362 g/mol. The van der Waals surface area contributed by atoms with Crippen LogP contribution in [-0.2, 0) is 0 Å². The lowest BCUT2D eigenvalue weighted by molar-refractivity contribution is 0.171. The number of hydrogen-bond acceptors (Lipinski definition) is 3. The first-order chi connectivity index (χ1) is 10.6. The lowest BCUT2D eigenvalue weighted by atomic mass is 10.2. The molecule has 0 saturated heterocycles. The molecule has 0 radical (unpaired) electrons. The summed E-state index contributed by atoms with van der Waals surface area (Å²) in [6.45, 7) is 3.05. The number of carbonyl (C=O) groups is 1. The highest BCUT2D eigenvalue weighted by molar-refractivity contribution is 9.10. The SMILES string of the molecule is Cc1ccc(NC(=O)Nc2ccc3c(c2)OCCO3)cc1Br. The number of rotatable bonds is 2. The maximum absolute atomic E-state index is 12.0. The first-order valence-corrected chi connectivity index (χ1v) is 7.65. The summed E-state index contributed by atoms with van der Waals surface area (Å²) in [6.07, 6.45) is 0. The summed E-state index contributed by atoms with van der Waals surface area (Å²) in [7, 11) is 0. The molecule has 0 spiro atoms. The standard InChI is InChI=1S/C16H15BrN2O3/c1-10-2-3-11(8-13(10)17)18-16(20)19-12-4-5-14-15(9-12)22-7-6-21-14/h2-5,8-9H,6-7H2,1H3,(H2,18,19,20). The molecule has 2 amide bonds. The van der Waals surface area contributed by atoms with Gasteiger partial charge in [0, 0.05) is 21.9 Å². The van der Waals surface area contributed by atoms with Gasteiger partial charge in [-0.3, -0.25) is 0 Å². The largest absolute Gasteiger partial charge is 0.486 e. The second-order valence-corrected chi connectivity index (χ2v) is 5.76. The van der Waals surface area contributed by atoms with E-state index in [0.717, 1.165) is 10.0 Å². The van der Waals surface area contributed by atoms with E-state index in [9.17, 15) is 4.79 Å². The second-order valence-electron chi connectivity index (χ2n) is 4.90. The zero-order valence-electron chi connectivity index (χ0n) is 12.0. The number of halogens is 1. The molecule has 114 valence electrons. The molecule has 0 atom stereocenters. The number of amides is 2. The van der Waals surface area contributed by atoms with Gasteiger partial charge in [0.15, 0.2) is 11.5 Å². The molecular weight excluding hydrogens is 348 g/mol. The number of benzene rings is 2. The number of hydrogen-bond donors (Lipinski definition) is 2. The van der Waals surface area contributed by atoms with Crippen LogP contribution in [0.25, 0.3) is 0 Å².